The number of rotatable bonds is 4. The van der Waals surface area contributed by atoms with Crippen molar-refractivity contribution < 1.29 is 9.90 Å². The number of nitrogens with one attached hydrogen (secondary N) is 1. The van der Waals surface area contributed by atoms with Gasteiger partial charge in [-0.25, -0.2) is 0 Å². The van der Waals surface area contributed by atoms with Gasteiger partial charge in [-0.2, -0.15) is 0 Å². The Morgan fingerprint density at radius 2 is 2.25 bits per heavy atom. The molecule has 0 saturated carbocycles. The molecule has 0 radical (unpaired) electrons. The number of carbonyl (C=O) groups excluding carboxylic acids is 1. The smallest absolute Gasteiger partial charge is 0.257 e. The maximum atomic E-state index is 11.9. The van der Waals surface area contributed by atoms with E-state index in [1.54, 1.807) is 24.1 Å². The molecule has 0 aliphatic rings. The summed E-state index contributed by atoms with van der Waals surface area (Å²) in [6.45, 7) is 1.32. The van der Waals surface area contributed by atoms with Crippen molar-refractivity contribution in [1.29, 1.82) is 0 Å². The van der Waals surface area contributed by atoms with Crippen LogP contribution in [0, 0.1) is 0 Å². The molecule has 0 aromatic heterocycles. The van der Waals surface area contributed by atoms with Crippen LogP contribution in [0.4, 0.5) is 0 Å². The van der Waals surface area contributed by atoms with Gasteiger partial charge in [-0.05, 0) is 25.2 Å². The van der Waals surface area contributed by atoms with Crippen molar-refractivity contribution in [2.45, 2.75) is 0 Å². The van der Waals surface area contributed by atoms with Gasteiger partial charge in [0, 0.05) is 24.6 Å². The van der Waals surface area contributed by atoms with Gasteiger partial charge in [-0.3, -0.25) is 4.79 Å². The highest BCUT2D eigenvalue weighted by atomic mass is 79.9. The zero-order chi connectivity index (χ0) is 12.1. The monoisotopic (exact) mass is 286 g/mol. The van der Waals surface area contributed by atoms with E-state index in [9.17, 15) is 9.90 Å². The van der Waals surface area contributed by atoms with Crippen LogP contribution < -0.4 is 5.32 Å². The van der Waals surface area contributed by atoms with Crippen LogP contribution in [0.3, 0.4) is 0 Å². The lowest BCUT2D eigenvalue weighted by atomic mass is 10.2. The number of phenols is 1. The summed E-state index contributed by atoms with van der Waals surface area (Å²) in [6.07, 6.45) is 0. The highest BCUT2D eigenvalue weighted by Gasteiger charge is 2.15. The summed E-state index contributed by atoms with van der Waals surface area (Å²) in [5, 5.41) is 12.6. The molecule has 0 spiro atoms. The lowest BCUT2D eigenvalue weighted by Crippen LogP contribution is -2.32. The summed E-state index contributed by atoms with van der Waals surface area (Å²) in [7, 11) is 3.54. The molecule has 1 rings (SSSR count). The summed E-state index contributed by atoms with van der Waals surface area (Å²) in [6, 6.07) is 4.86. The molecular formula is C11H15BrN2O2. The molecule has 0 atom stereocenters. The largest absolute Gasteiger partial charge is 0.507 e. The van der Waals surface area contributed by atoms with E-state index in [4.69, 9.17) is 0 Å². The van der Waals surface area contributed by atoms with Crippen molar-refractivity contribution in [3.8, 4) is 5.75 Å². The van der Waals surface area contributed by atoms with Crippen LogP contribution in [0.2, 0.25) is 0 Å². The maximum absolute atomic E-state index is 11.9. The van der Waals surface area contributed by atoms with Gasteiger partial charge in [0.2, 0.25) is 0 Å². The van der Waals surface area contributed by atoms with Gasteiger partial charge in [0.25, 0.3) is 5.91 Å². The second kappa shape index (κ2) is 5.86. The van der Waals surface area contributed by atoms with Crippen LogP contribution >= 0.6 is 15.9 Å². The highest BCUT2D eigenvalue weighted by Crippen LogP contribution is 2.23. The number of hydrogen-bond donors (Lipinski definition) is 2. The van der Waals surface area contributed by atoms with E-state index in [0.29, 0.717) is 12.1 Å². The Morgan fingerprint density at radius 3 is 2.81 bits per heavy atom. The highest BCUT2D eigenvalue weighted by molar-refractivity contribution is 9.10. The number of amides is 1. The fraction of sp³-hybridized carbons (Fsp3) is 0.364. The molecule has 0 aliphatic carbocycles. The topological polar surface area (TPSA) is 52.6 Å². The molecular weight excluding hydrogens is 272 g/mol. The number of likely N-dealkylation sites (N-methyl/N-ethyl adjacent to an activating group) is 2. The van der Waals surface area contributed by atoms with E-state index in [1.165, 1.54) is 6.07 Å². The molecule has 1 aromatic rings. The van der Waals surface area contributed by atoms with E-state index in [-0.39, 0.29) is 11.7 Å². The second-order valence-corrected chi connectivity index (χ2v) is 4.41. The first-order valence-electron chi connectivity index (χ1n) is 4.95. The maximum Gasteiger partial charge on any atom is 0.257 e. The number of carbonyl (C=O) groups is 1. The van der Waals surface area contributed by atoms with E-state index in [2.05, 4.69) is 21.2 Å². The molecule has 0 bridgehead atoms. The fourth-order valence-electron chi connectivity index (χ4n) is 1.27. The van der Waals surface area contributed by atoms with Crippen molar-refractivity contribution in [2.24, 2.45) is 0 Å². The Hall–Kier alpha value is -1.07. The van der Waals surface area contributed by atoms with Crippen LogP contribution in [0.15, 0.2) is 22.7 Å². The van der Waals surface area contributed by atoms with Crippen LogP contribution in [0.5, 0.6) is 5.75 Å². The molecule has 0 aliphatic heterocycles. The minimum atomic E-state index is -0.180. The lowest BCUT2D eigenvalue weighted by Gasteiger charge is -2.17. The van der Waals surface area contributed by atoms with Crippen molar-refractivity contribution in [3.05, 3.63) is 28.2 Å². The van der Waals surface area contributed by atoms with E-state index in [0.717, 1.165) is 11.0 Å². The molecule has 1 aromatic carbocycles. The number of nitrogens with zero attached hydrogens (tertiary/aromatic N) is 1. The predicted molar refractivity (Wildman–Crippen MR) is 66.7 cm³/mol. The van der Waals surface area contributed by atoms with Gasteiger partial charge in [-0.15, -0.1) is 0 Å². The summed E-state index contributed by atoms with van der Waals surface area (Å²) >= 11 is 3.23. The Balaban J connectivity index is 2.79. The molecule has 0 saturated heterocycles. The molecule has 16 heavy (non-hydrogen) atoms. The molecule has 88 valence electrons. The summed E-state index contributed by atoms with van der Waals surface area (Å²) in [5.41, 5.74) is 0.321. The van der Waals surface area contributed by atoms with E-state index >= 15 is 0 Å². The Labute approximate surface area is 103 Å². The standard InChI is InChI=1S/C11H15BrN2O2/c1-13-5-6-14(2)11(16)9-4-3-8(12)7-10(9)15/h3-4,7,13,15H,5-6H2,1-2H3. The minimum absolute atomic E-state index is 0.00400. The summed E-state index contributed by atoms with van der Waals surface area (Å²) in [5.74, 6) is -0.184. The lowest BCUT2D eigenvalue weighted by molar-refractivity contribution is 0.0794. The molecule has 0 heterocycles. The zero-order valence-corrected chi connectivity index (χ0v) is 10.9. The normalized spacial score (nSPS) is 10.2. The van der Waals surface area contributed by atoms with Crippen LogP contribution in [0.1, 0.15) is 10.4 Å². The first-order valence-corrected chi connectivity index (χ1v) is 5.74. The van der Waals surface area contributed by atoms with Crippen molar-refractivity contribution in [2.75, 3.05) is 27.2 Å². The average Bonchev–Trinajstić information content (AvgIpc) is 2.25. The van der Waals surface area contributed by atoms with Crippen molar-refractivity contribution >= 4 is 21.8 Å². The first-order chi connectivity index (χ1) is 7.56. The molecule has 1 amide bonds. The number of phenolic OH excluding ortho intramolecular Hbond substituents is 1. The van der Waals surface area contributed by atoms with Crippen LogP contribution in [-0.4, -0.2) is 43.1 Å². The van der Waals surface area contributed by atoms with Gasteiger partial charge in [0.05, 0.1) is 5.56 Å². The quantitative estimate of drug-likeness (QED) is 0.881. The van der Waals surface area contributed by atoms with Crippen molar-refractivity contribution in [1.82, 2.24) is 10.2 Å². The molecule has 0 fully saturated rings. The molecule has 4 nitrogen and oxygen atoms in total. The molecule has 2 N–H and O–H groups in total. The van der Waals surface area contributed by atoms with E-state index < -0.39 is 0 Å². The zero-order valence-electron chi connectivity index (χ0n) is 9.33. The number of aromatic hydroxyl groups is 1. The average molecular weight is 287 g/mol. The third-order valence-electron chi connectivity index (χ3n) is 2.23. The molecule has 0 unspecified atom stereocenters. The van der Waals surface area contributed by atoms with Gasteiger partial charge in [0.1, 0.15) is 5.75 Å². The predicted octanol–water partition coefficient (Wildman–Crippen LogP) is 1.45. The number of benzene rings is 1. The number of halogens is 1. The van der Waals surface area contributed by atoms with E-state index in [1.807, 2.05) is 7.05 Å². The Kier molecular flexibility index (Phi) is 4.76. The summed E-state index contributed by atoms with van der Waals surface area (Å²) in [4.78, 5) is 13.5. The van der Waals surface area contributed by atoms with Gasteiger partial charge in [0.15, 0.2) is 0 Å². The first kappa shape index (κ1) is 13.0. The van der Waals surface area contributed by atoms with Crippen LogP contribution in [0.25, 0.3) is 0 Å². The van der Waals surface area contributed by atoms with Gasteiger partial charge < -0.3 is 15.3 Å². The van der Waals surface area contributed by atoms with Crippen LogP contribution in [-0.2, 0) is 0 Å². The van der Waals surface area contributed by atoms with Gasteiger partial charge in [-0.1, -0.05) is 15.9 Å². The minimum Gasteiger partial charge on any atom is -0.507 e. The number of hydrogen-bond acceptors (Lipinski definition) is 3. The molecule has 5 heteroatoms. The Morgan fingerprint density at radius 1 is 1.56 bits per heavy atom. The third kappa shape index (κ3) is 3.21. The second-order valence-electron chi connectivity index (χ2n) is 3.49. The SMILES string of the molecule is CNCCN(C)C(=O)c1ccc(Br)cc1O. The van der Waals surface area contributed by atoms with Crippen molar-refractivity contribution in [3.63, 3.8) is 0 Å². The fourth-order valence-corrected chi connectivity index (χ4v) is 1.62. The Bertz CT molecular complexity index is 382. The van der Waals surface area contributed by atoms with Gasteiger partial charge >= 0.3 is 0 Å². The summed E-state index contributed by atoms with van der Waals surface area (Å²) < 4.78 is 0.749. The third-order valence-corrected chi connectivity index (χ3v) is 2.73.